The summed E-state index contributed by atoms with van der Waals surface area (Å²) in [7, 11) is 0. The van der Waals surface area contributed by atoms with Crippen molar-refractivity contribution in [2.24, 2.45) is 0 Å². The van der Waals surface area contributed by atoms with Crippen LogP contribution in [0.4, 0.5) is 0 Å². The Morgan fingerprint density at radius 2 is 2.00 bits per heavy atom. The SMILES string of the molecule is CCN(CC(=O)O)C(=O)c1ccc(C(C)C)c(Cl)c1. The molecule has 0 unspecified atom stereocenters. The topological polar surface area (TPSA) is 57.6 Å². The number of carbonyl (C=O) groups is 2. The molecule has 1 N–H and O–H groups in total. The van der Waals surface area contributed by atoms with Crippen LogP contribution in [0.2, 0.25) is 5.02 Å². The van der Waals surface area contributed by atoms with Crippen molar-refractivity contribution in [3.8, 4) is 0 Å². The van der Waals surface area contributed by atoms with Crippen LogP contribution >= 0.6 is 11.6 Å². The number of nitrogens with zero attached hydrogens (tertiary/aromatic N) is 1. The van der Waals surface area contributed by atoms with Crippen LogP contribution in [-0.4, -0.2) is 35.0 Å². The number of carboxylic acid groups (broad SMARTS) is 1. The molecule has 0 bridgehead atoms. The molecular formula is C14H18ClNO3. The average molecular weight is 284 g/mol. The summed E-state index contributed by atoms with van der Waals surface area (Å²) in [5.74, 6) is -1.07. The van der Waals surface area contributed by atoms with E-state index in [1.54, 1.807) is 19.1 Å². The lowest BCUT2D eigenvalue weighted by Gasteiger charge is -2.19. The van der Waals surface area contributed by atoms with Crippen molar-refractivity contribution < 1.29 is 14.7 Å². The van der Waals surface area contributed by atoms with Crippen LogP contribution in [0.15, 0.2) is 18.2 Å². The summed E-state index contributed by atoms with van der Waals surface area (Å²) in [5.41, 5.74) is 1.39. The fourth-order valence-corrected chi connectivity index (χ4v) is 2.20. The van der Waals surface area contributed by atoms with Gasteiger partial charge in [0.2, 0.25) is 0 Å². The van der Waals surface area contributed by atoms with Crippen molar-refractivity contribution in [2.75, 3.05) is 13.1 Å². The Morgan fingerprint density at radius 3 is 2.42 bits per heavy atom. The summed E-state index contributed by atoms with van der Waals surface area (Å²) in [6, 6.07) is 5.10. The molecule has 5 heteroatoms. The van der Waals surface area contributed by atoms with E-state index >= 15 is 0 Å². The number of aliphatic carboxylic acids is 1. The van der Waals surface area contributed by atoms with Crippen LogP contribution in [0.5, 0.6) is 0 Å². The van der Waals surface area contributed by atoms with Crippen molar-refractivity contribution in [2.45, 2.75) is 26.7 Å². The van der Waals surface area contributed by atoms with Crippen LogP contribution in [-0.2, 0) is 4.79 Å². The fourth-order valence-electron chi connectivity index (χ4n) is 1.80. The van der Waals surface area contributed by atoms with E-state index in [-0.39, 0.29) is 18.4 Å². The highest BCUT2D eigenvalue weighted by molar-refractivity contribution is 6.31. The lowest BCUT2D eigenvalue weighted by Crippen LogP contribution is -2.35. The van der Waals surface area contributed by atoms with Gasteiger partial charge < -0.3 is 10.0 Å². The average Bonchev–Trinajstić information content (AvgIpc) is 2.34. The first-order valence-electron chi connectivity index (χ1n) is 6.17. The maximum atomic E-state index is 12.1. The van der Waals surface area contributed by atoms with Crippen LogP contribution in [0.25, 0.3) is 0 Å². The molecule has 0 spiro atoms. The zero-order valence-corrected chi connectivity index (χ0v) is 12.1. The maximum Gasteiger partial charge on any atom is 0.323 e. The third-order valence-corrected chi connectivity index (χ3v) is 3.19. The number of rotatable bonds is 5. The van der Waals surface area contributed by atoms with Gasteiger partial charge in [0.15, 0.2) is 0 Å². The molecule has 0 saturated heterocycles. The zero-order chi connectivity index (χ0) is 14.6. The minimum absolute atomic E-state index is 0.276. The van der Waals surface area contributed by atoms with Gasteiger partial charge >= 0.3 is 5.97 Å². The second-order valence-electron chi connectivity index (χ2n) is 4.60. The summed E-state index contributed by atoms with van der Waals surface area (Å²) in [6.45, 7) is 5.81. The van der Waals surface area contributed by atoms with Gasteiger partial charge in [0.1, 0.15) is 6.54 Å². The largest absolute Gasteiger partial charge is 0.480 e. The molecule has 0 aromatic heterocycles. The van der Waals surface area contributed by atoms with E-state index in [1.165, 1.54) is 4.90 Å². The molecule has 0 fully saturated rings. The molecule has 0 aliphatic carbocycles. The van der Waals surface area contributed by atoms with Crippen molar-refractivity contribution >= 4 is 23.5 Å². The number of hydrogen-bond donors (Lipinski definition) is 1. The highest BCUT2D eigenvalue weighted by Gasteiger charge is 2.18. The summed E-state index contributed by atoms with van der Waals surface area (Å²) in [6.07, 6.45) is 0. The van der Waals surface area contributed by atoms with Gasteiger partial charge in [-0.15, -0.1) is 0 Å². The van der Waals surface area contributed by atoms with E-state index in [0.717, 1.165) is 5.56 Å². The molecule has 0 radical (unpaired) electrons. The van der Waals surface area contributed by atoms with Gasteiger partial charge in [-0.05, 0) is 30.5 Å². The zero-order valence-electron chi connectivity index (χ0n) is 11.3. The minimum atomic E-state index is -1.03. The van der Waals surface area contributed by atoms with Crippen LogP contribution in [0.1, 0.15) is 42.6 Å². The third kappa shape index (κ3) is 3.96. The van der Waals surface area contributed by atoms with E-state index in [2.05, 4.69) is 0 Å². The van der Waals surface area contributed by atoms with Gasteiger partial charge in [-0.25, -0.2) is 0 Å². The first-order valence-corrected chi connectivity index (χ1v) is 6.55. The Hall–Kier alpha value is -1.55. The van der Waals surface area contributed by atoms with Gasteiger partial charge in [0.25, 0.3) is 5.91 Å². The van der Waals surface area contributed by atoms with Crippen LogP contribution < -0.4 is 0 Å². The maximum absolute atomic E-state index is 12.1. The Morgan fingerprint density at radius 1 is 1.37 bits per heavy atom. The van der Waals surface area contributed by atoms with E-state index in [1.807, 2.05) is 19.9 Å². The van der Waals surface area contributed by atoms with Gasteiger partial charge in [-0.1, -0.05) is 31.5 Å². The molecule has 19 heavy (non-hydrogen) atoms. The van der Waals surface area contributed by atoms with E-state index < -0.39 is 5.97 Å². The molecule has 0 saturated carbocycles. The van der Waals surface area contributed by atoms with E-state index in [0.29, 0.717) is 17.1 Å². The number of halogens is 1. The highest BCUT2D eigenvalue weighted by atomic mass is 35.5. The number of carbonyl (C=O) groups excluding carboxylic acids is 1. The van der Waals surface area contributed by atoms with Gasteiger partial charge in [0.05, 0.1) is 0 Å². The van der Waals surface area contributed by atoms with Crippen LogP contribution in [0, 0.1) is 0 Å². The summed E-state index contributed by atoms with van der Waals surface area (Å²) >= 11 is 6.14. The summed E-state index contributed by atoms with van der Waals surface area (Å²) in [5, 5.41) is 9.30. The van der Waals surface area contributed by atoms with Crippen molar-refractivity contribution in [1.82, 2.24) is 4.90 Å². The lowest BCUT2D eigenvalue weighted by molar-refractivity contribution is -0.137. The molecule has 4 nitrogen and oxygen atoms in total. The number of amides is 1. The number of likely N-dealkylation sites (N-methyl/N-ethyl adjacent to an activating group) is 1. The van der Waals surface area contributed by atoms with Gasteiger partial charge in [-0.2, -0.15) is 0 Å². The number of hydrogen-bond acceptors (Lipinski definition) is 2. The predicted octanol–water partition coefficient (Wildman–Crippen LogP) is 3.01. The molecule has 0 atom stereocenters. The molecular weight excluding hydrogens is 266 g/mol. The van der Waals surface area contributed by atoms with Crippen molar-refractivity contribution in [3.63, 3.8) is 0 Å². The van der Waals surface area contributed by atoms with Crippen LogP contribution in [0.3, 0.4) is 0 Å². The number of benzene rings is 1. The molecule has 1 aromatic rings. The van der Waals surface area contributed by atoms with Gasteiger partial charge in [-0.3, -0.25) is 9.59 Å². The molecule has 0 aliphatic heterocycles. The van der Waals surface area contributed by atoms with Crippen molar-refractivity contribution in [3.05, 3.63) is 34.3 Å². The first-order chi connectivity index (χ1) is 8.86. The fraction of sp³-hybridized carbons (Fsp3) is 0.429. The van der Waals surface area contributed by atoms with Gasteiger partial charge in [0, 0.05) is 17.1 Å². The third-order valence-electron chi connectivity index (χ3n) is 2.86. The predicted molar refractivity (Wildman–Crippen MR) is 74.8 cm³/mol. The lowest BCUT2D eigenvalue weighted by atomic mass is 10.0. The minimum Gasteiger partial charge on any atom is -0.480 e. The molecule has 0 aliphatic rings. The first kappa shape index (κ1) is 15.5. The Bertz CT molecular complexity index is 486. The second kappa shape index (κ2) is 6.57. The molecule has 1 aromatic carbocycles. The smallest absolute Gasteiger partial charge is 0.323 e. The Kier molecular flexibility index (Phi) is 5.36. The summed E-state index contributed by atoms with van der Waals surface area (Å²) in [4.78, 5) is 24.1. The quantitative estimate of drug-likeness (QED) is 0.904. The van der Waals surface area contributed by atoms with E-state index in [9.17, 15) is 9.59 Å². The monoisotopic (exact) mass is 283 g/mol. The molecule has 104 valence electrons. The molecule has 0 heterocycles. The highest BCUT2D eigenvalue weighted by Crippen LogP contribution is 2.25. The summed E-state index contributed by atoms with van der Waals surface area (Å²) < 4.78 is 0. The molecule has 1 rings (SSSR count). The Labute approximate surface area is 118 Å². The second-order valence-corrected chi connectivity index (χ2v) is 5.01. The molecule has 1 amide bonds. The normalized spacial score (nSPS) is 10.6. The standard InChI is InChI=1S/C14H18ClNO3/c1-4-16(8-13(17)18)14(19)10-5-6-11(9(2)3)12(15)7-10/h5-7,9H,4,8H2,1-3H3,(H,17,18). The number of carboxylic acids is 1. The van der Waals surface area contributed by atoms with E-state index in [4.69, 9.17) is 16.7 Å². The Balaban J connectivity index is 2.99. The van der Waals surface area contributed by atoms with Crippen molar-refractivity contribution in [1.29, 1.82) is 0 Å².